The summed E-state index contributed by atoms with van der Waals surface area (Å²) in [5.41, 5.74) is 3.74. The lowest BCUT2D eigenvalue weighted by Gasteiger charge is -2.15. The molecule has 4 nitrogen and oxygen atoms in total. The summed E-state index contributed by atoms with van der Waals surface area (Å²) in [7, 11) is 0. The number of imidazole rings is 1. The number of nitrogens with one attached hydrogen (secondary N) is 1. The van der Waals surface area contributed by atoms with Gasteiger partial charge in [0.25, 0.3) is 0 Å². The van der Waals surface area contributed by atoms with E-state index >= 15 is 0 Å². The Balaban J connectivity index is 2.05. The van der Waals surface area contributed by atoms with Crippen LogP contribution < -0.4 is 5.32 Å². The summed E-state index contributed by atoms with van der Waals surface area (Å²) >= 11 is 0. The summed E-state index contributed by atoms with van der Waals surface area (Å²) in [6.07, 6.45) is 1.94. The second-order valence-electron chi connectivity index (χ2n) is 5.50. The van der Waals surface area contributed by atoms with E-state index in [1.807, 2.05) is 4.57 Å². The Hall–Kier alpha value is -2.10. The van der Waals surface area contributed by atoms with Gasteiger partial charge in [0.05, 0.1) is 0 Å². The molecule has 3 rings (SSSR count). The fourth-order valence-electron chi connectivity index (χ4n) is 2.62. The molecule has 0 bridgehead atoms. The van der Waals surface area contributed by atoms with Crippen molar-refractivity contribution >= 4 is 12.2 Å². The van der Waals surface area contributed by atoms with E-state index in [9.17, 15) is 4.79 Å². The molecule has 1 aromatic heterocycles. The summed E-state index contributed by atoms with van der Waals surface area (Å²) in [4.78, 5) is 16.0. The molecule has 0 fully saturated rings. The minimum absolute atomic E-state index is 0.506. The standard InChI is InChI=1S/C16H19N3O/c1-11(2)12-4-6-13(7-5-12)15-14(10-20)19-9-3-8-17-16(19)18-15/h4-7,10-11H,3,8-9H2,1-2H3,(H,17,18). The molecule has 2 heterocycles. The lowest BCUT2D eigenvalue weighted by Crippen LogP contribution is -2.18. The van der Waals surface area contributed by atoms with E-state index in [1.165, 1.54) is 5.56 Å². The number of benzene rings is 1. The number of aldehydes is 1. The summed E-state index contributed by atoms with van der Waals surface area (Å²) in [6, 6.07) is 8.33. The number of aromatic nitrogens is 2. The van der Waals surface area contributed by atoms with Gasteiger partial charge in [-0.05, 0) is 17.9 Å². The molecule has 0 unspecified atom stereocenters. The molecule has 1 N–H and O–H groups in total. The second-order valence-corrected chi connectivity index (χ2v) is 5.50. The molecule has 104 valence electrons. The molecule has 2 aromatic rings. The molecule has 1 aliphatic rings. The molecule has 0 amide bonds. The molecular formula is C16H19N3O. The van der Waals surface area contributed by atoms with E-state index in [-0.39, 0.29) is 0 Å². The summed E-state index contributed by atoms with van der Waals surface area (Å²) < 4.78 is 1.97. The summed E-state index contributed by atoms with van der Waals surface area (Å²) in [5.74, 6) is 1.31. The predicted molar refractivity (Wildman–Crippen MR) is 80.2 cm³/mol. The number of nitrogens with zero attached hydrogens (tertiary/aromatic N) is 2. The van der Waals surface area contributed by atoms with E-state index in [0.29, 0.717) is 11.6 Å². The van der Waals surface area contributed by atoms with Crippen LogP contribution in [0.5, 0.6) is 0 Å². The van der Waals surface area contributed by atoms with Crippen molar-refractivity contribution in [2.45, 2.75) is 32.7 Å². The van der Waals surface area contributed by atoms with E-state index in [1.54, 1.807) is 0 Å². The average Bonchev–Trinajstić information content (AvgIpc) is 2.85. The quantitative estimate of drug-likeness (QED) is 0.870. The first-order chi connectivity index (χ1) is 9.70. The fourth-order valence-corrected chi connectivity index (χ4v) is 2.62. The number of hydrogen-bond acceptors (Lipinski definition) is 3. The van der Waals surface area contributed by atoms with Gasteiger partial charge in [-0.3, -0.25) is 4.79 Å². The largest absolute Gasteiger partial charge is 0.356 e. The van der Waals surface area contributed by atoms with Gasteiger partial charge in [0.2, 0.25) is 5.95 Å². The highest BCUT2D eigenvalue weighted by Crippen LogP contribution is 2.28. The molecule has 0 aliphatic carbocycles. The van der Waals surface area contributed by atoms with Crippen molar-refractivity contribution in [1.82, 2.24) is 9.55 Å². The molecule has 1 aromatic carbocycles. The molecule has 0 saturated carbocycles. The zero-order valence-corrected chi connectivity index (χ0v) is 11.9. The third kappa shape index (κ3) is 2.11. The summed E-state index contributed by atoms with van der Waals surface area (Å²) in [5, 5.41) is 3.25. The lowest BCUT2D eigenvalue weighted by molar-refractivity contribution is 0.111. The zero-order chi connectivity index (χ0) is 14.1. The third-order valence-electron chi connectivity index (χ3n) is 3.81. The first-order valence-electron chi connectivity index (χ1n) is 7.10. The molecule has 20 heavy (non-hydrogen) atoms. The van der Waals surface area contributed by atoms with Gasteiger partial charge in [0, 0.05) is 18.7 Å². The van der Waals surface area contributed by atoms with Crippen molar-refractivity contribution in [2.24, 2.45) is 0 Å². The smallest absolute Gasteiger partial charge is 0.203 e. The Morgan fingerprint density at radius 2 is 2.05 bits per heavy atom. The minimum Gasteiger partial charge on any atom is -0.356 e. The van der Waals surface area contributed by atoms with Crippen molar-refractivity contribution in [3.8, 4) is 11.3 Å². The van der Waals surface area contributed by atoms with Gasteiger partial charge in [-0.1, -0.05) is 38.1 Å². The maximum atomic E-state index is 11.4. The molecule has 0 radical (unpaired) electrons. The minimum atomic E-state index is 0.506. The van der Waals surface area contributed by atoms with Gasteiger partial charge < -0.3 is 9.88 Å². The predicted octanol–water partition coefficient (Wildman–Crippen LogP) is 3.30. The number of carbonyl (C=O) groups is 1. The van der Waals surface area contributed by atoms with Gasteiger partial charge in [-0.25, -0.2) is 4.98 Å². The van der Waals surface area contributed by atoms with Gasteiger partial charge in [-0.15, -0.1) is 0 Å². The SMILES string of the molecule is CC(C)c1ccc(-c2nc3n(c2C=O)CCCN3)cc1. The van der Waals surface area contributed by atoms with E-state index in [0.717, 1.165) is 43.0 Å². The van der Waals surface area contributed by atoms with Crippen molar-refractivity contribution < 1.29 is 4.79 Å². The highest BCUT2D eigenvalue weighted by Gasteiger charge is 2.20. The van der Waals surface area contributed by atoms with Crippen LogP contribution in [0.2, 0.25) is 0 Å². The average molecular weight is 269 g/mol. The Kier molecular flexibility index (Phi) is 3.30. The highest BCUT2D eigenvalue weighted by molar-refractivity contribution is 5.85. The van der Waals surface area contributed by atoms with Crippen LogP contribution in [0.1, 0.15) is 42.2 Å². The topological polar surface area (TPSA) is 46.9 Å². The number of hydrogen-bond donors (Lipinski definition) is 1. The maximum absolute atomic E-state index is 11.4. The highest BCUT2D eigenvalue weighted by atomic mass is 16.1. The van der Waals surface area contributed by atoms with Crippen LogP contribution in [-0.4, -0.2) is 22.4 Å². The normalized spacial score (nSPS) is 13.9. The van der Waals surface area contributed by atoms with Crippen molar-refractivity contribution in [3.63, 3.8) is 0 Å². The number of anilines is 1. The monoisotopic (exact) mass is 269 g/mol. The molecule has 0 saturated heterocycles. The van der Waals surface area contributed by atoms with Crippen LogP contribution >= 0.6 is 0 Å². The number of fused-ring (bicyclic) bond motifs is 1. The third-order valence-corrected chi connectivity index (χ3v) is 3.81. The van der Waals surface area contributed by atoms with Crippen LogP contribution in [0.15, 0.2) is 24.3 Å². The van der Waals surface area contributed by atoms with E-state index in [4.69, 9.17) is 0 Å². The maximum Gasteiger partial charge on any atom is 0.203 e. The fraction of sp³-hybridized carbons (Fsp3) is 0.375. The first kappa shape index (κ1) is 12.9. The van der Waals surface area contributed by atoms with E-state index < -0.39 is 0 Å². The lowest BCUT2D eigenvalue weighted by atomic mass is 10.0. The molecule has 1 aliphatic heterocycles. The number of carbonyl (C=O) groups excluding carboxylic acids is 1. The Labute approximate surface area is 118 Å². The summed E-state index contributed by atoms with van der Waals surface area (Å²) in [6.45, 7) is 6.12. The van der Waals surface area contributed by atoms with Gasteiger partial charge in [-0.2, -0.15) is 0 Å². The number of rotatable bonds is 3. The van der Waals surface area contributed by atoms with Crippen LogP contribution in [0.25, 0.3) is 11.3 Å². The van der Waals surface area contributed by atoms with Gasteiger partial charge in [0.15, 0.2) is 6.29 Å². The van der Waals surface area contributed by atoms with Crippen LogP contribution in [-0.2, 0) is 6.54 Å². The second kappa shape index (κ2) is 5.12. The van der Waals surface area contributed by atoms with Crippen molar-refractivity contribution in [2.75, 3.05) is 11.9 Å². The van der Waals surface area contributed by atoms with Crippen LogP contribution in [0, 0.1) is 0 Å². The van der Waals surface area contributed by atoms with Gasteiger partial charge in [0.1, 0.15) is 11.4 Å². The Morgan fingerprint density at radius 1 is 1.30 bits per heavy atom. The molecular weight excluding hydrogens is 250 g/mol. The first-order valence-corrected chi connectivity index (χ1v) is 7.10. The van der Waals surface area contributed by atoms with Gasteiger partial charge >= 0.3 is 0 Å². The van der Waals surface area contributed by atoms with Crippen LogP contribution in [0.3, 0.4) is 0 Å². The molecule has 4 heteroatoms. The zero-order valence-electron chi connectivity index (χ0n) is 11.9. The Morgan fingerprint density at radius 3 is 2.70 bits per heavy atom. The van der Waals surface area contributed by atoms with Crippen molar-refractivity contribution in [1.29, 1.82) is 0 Å². The molecule has 0 atom stereocenters. The van der Waals surface area contributed by atoms with Crippen LogP contribution in [0.4, 0.5) is 5.95 Å². The van der Waals surface area contributed by atoms with Crippen molar-refractivity contribution in [3.05, 3.63) is 35.5 Å². The Bertz CT molecular complexity index is 626. The van der Waals surface area contributed by atoms with E-state index in [2.05, 4.69) is 48.4 Å². The molecule has 0 spiro atoms.